The van der Waals surface area contributed by atoms with Crippen molar-refractivity contribution in [3.05, 3.63) is 58.4 Å². The van der Waals surface area contributed by atoms with Crippen LogP contribution in [0.3, 0.4) is 0 Å². The van der Waals surface area contributed by atoms with E-state index in [9.17, 15) is 4.79 Å². The summed E-state index contributed by atoms with van der Waals surface area (Å²) >= 11 is 0. The summed E-state index contributed by atoms with van der Waals surface area (Å²) in [5, 5.41) is 3.34. The van der Waals surface area contributed by atoms with Crippen molar-refractivity contribution in [2.45, 2.75) is 26.2 Å². The standard InChI is InChI=1S/C17H16O2/c1-2-3-6-13-11-15-14-8-5-4-7-12(14)9-10-16(15)19-17(13)18/h4-5,7-11H,2-3,6H2,1H3. The number of unbranched alkanes of at least 4 members (excludes halogenated alkanes) is 1. The van der Waals surface area contributed by atoms with Crippen LogP contribution in [-0.4, -0.2) is 0 Å². The molecule has 0 bridgehead atoms. The van der Waals surface area contributed by atoms with Gasteiger partial charge in [0.2, 0.25) is 0 Å². The van der Waals surface area contributed by atoms with Gasteiger partial charge in [-0.2, -0.15) is 0 Å². The highest BCUT2D eigenvalue weighted by molar-refractivity contribution is 6.05. The molecule has 0 radical (unpaired) electrons. The van der Waals surface area contributed by atoms with Crippen LogP contribution in [0.1, 0.15) is 25.3 Å². The monoisotopic (exact) mass is 252 g/mol. The van der Waals surface area contributed by atoms with Gasteiger partial charge in [0.25, 0.3) is 0 Å². The smallest absolute Gasteiger partial charge is 0.339 e. The molecule has 3 aromatic rings. The van der Waals surface area contributed by atoms with Crippen LogP contribution in [0.5, 0.6) is 0 Å². The zero-order chi connectivity index (χ0) is 13.2. The Balaban J connectivity index is 2.28. The zero-order valence-electron chi connectivity index (χ0n) is 11.0. The average Bonchev–Trinajstić information content (AvgIpc) is 2.45. The van der Waals surface area contributed by atoms with Crippen LogP contribution >= 0.6 is 0 Å². The first-order chi connectivity index (χ1) is 9.29. The van der Waals surface area contributed by atoms with Crippen molar-refractivity contribution < 1.29 is 4.42 Å². The molecule has 0 aliphatic carbocycles. The van der Waals surface area contributed by atoms with Gasteiger partial charge in [-0.3, -0.25) is 0 Å². The first-order valence-corrected chi connectivity index (χ1v) is 6.74. The third-order valence-electron chi connectivity index (χ3n) is 3.51. The molecule has 2 aromatic carbocycles. The van der Waals surface area contributed by atoms with E-state index in [-0.39, 0.29) is 5.63 Å². The van der Waals surface area contributed by atoms with Crippen LogP contribution in [0.25, 0.3) is 21.7 Å². The first kappa shape index (κ1) is 12.0. The maximum atomic E-state index is 11.9. The fourth-order valence-corrected chi connectivity index (χ4v) is 2.45. The summed E-state index contributed by atoms with van der Waals surface area (Å²) in [6, 6.07) is 14.0. The number of fused-ring (bicyclic) bond motifs is 3. The predicted octanol–water partition coefficient (Wildman–Crippen LogP) is 4.29. The number of hydrogen-bond donors (Lipinski definition) is 0. The van der Waals surface area contributed by atoms with Gasteiger partial charge < -0.3 is 4.42 Å². The normalized spacial score (nSPS) is 11.2. The second-order valence-electron chi connectivity index (χ2n) is 4.86. The molecule has 0 amide bonds. The summed E-state index contributed by atoms with van der Waals surface area (Å²) in [4.78, 5) is 11.9. The molecule has 0 aliphatic rings. The Morgan fingerprint density at radius 3 is 2.74 bits per heavy atom. The highest BCUT2D eigenvalue weighted by Crippen LogP contribution is 2.25. The fraction of sp³-hybridized carbons (Fsp3) is 0.235. The predicted molar refractivity (Wildman–Crippen MR) is 78.6 cm³/mol. The van der Waals surface area contributed by atoms with E-state index in [1.165, 1.54) is 5.39 Å². The molecule has 3 rings (SSSR count). The summed E-state index contributed by atoms with van der Waals surface area (Å²) in [5.74, 6) is 0. The minimum absolute atomic E-state index is 0.198. The topological polar surface area (TPSA) is 30.2 Å². The summed E-state index contributed by atoms with van der Waals surface area (Å²) in [5.41, 5.74) is 1.26. The maximum absolute atomic E-state index is 11.9. The highest BCUT2D eigenvalue weighted by atomic mass is 16.4. The summed E-state index contributed by atoms with van der Waals surface area (Å²) < 4.78 is 5.44. The van der Waals surface area contributed by atoms with Gasteiger partial charge in [-0.15, -0.1) is 0 Å². The summed E-state index contributed by atoms with van der Waals surface area (Å²) in [6.45, 7) is 2.12. The minimum Gasteiger partial charge on any atom is -0.423 e. The lowest BCUT2D eigenvalue weighted by Gasteiger charge is -2.05. The van der Waals surface area contributed by atoms with Crippen LogP contribution < -0.4 is 5.63 Å². The van der Waals surface area contributed by atoms with Crippen molar-refractivity contribution >= 4 is 21.7 Å². The Hall–Kier alpha value is -2.09. The van der Waals surface area contributed by atoms with Gasteiger partial charge in [-0.25, -0.2) is 4.79 Å². The Kier molecular flexibility index (Phi) is 3.08. The molecular weight excluding hydrogens is 236 g/mol. The van der Waals surface area contributed by atoms with E-state index in [0.717, 1.165) is 35.6 Å². The van der Waals surface area contributed by atoms with Gasteiger partial charge in [0.15, 0.2) is 0 Å². The molecule has 0 spiro atoms. The second kappa shape index (κ2) is 4.88. The molecule has 0 saturated carbocycles. The van der Waals surface area contributed by atoms with Gasteiger partial charge in [-0.1, -0.05) is 43.7 Å². The molecular formula is C17H16O2. The second-order valence-corrected chi connectivity index (χ2v) is 4.86. The molecule has 96 valence electrons. The van der Waals surface area contributed by atoms with Gasteiger partial charge in [0.05, 0.1) is 0 Å². The molecule has 0 saturated heterocycles. The largest absolute Gasteiger partial charge is 0.423 e. The summed E-state index contributed by atoms with van der Waals surface area (Å²) in [7, 11) is 0. The molecule has 0 atom stereocenters. The lowest BCUT2D eigenvalue weighted by molar-refractivity contribution is 0.548. The van der Waals surface area contributed by atoms with E-state index < -0.39 is 0 Å². The van der Waals surface area contributed by atoms with Gasteiger partial charge in [-0.05, 0) is 35.7 Å². The highest BCUT2D eigenvalue weighted by Gasteiger charge is 2.07. The van der Waals surface area contributed by atoms with Crippen molar-refractivity contribution in [2.75, 3.05) is 0 Å². The van der Waals surface area contributed by atoms with Crippen LogP contribution in [0.15, 0.2) is 51.7 Å². The molecule has 19 heavy (non-hydrogen) atoms. The van der Waals surface area contributed by atoms with Crippen molar-refractivity contribution in [3.63, 3.8) is 0 Å². The first-order valence-electron chi connectivity index (χ1n) is 6.74. The van der Waals surface area contributed by atoms with E-state index in [2.05, 4.69) is 19.1 Å². The molecule has 0 unspecified atom stereocenters. The lowest BCUT2D eigenvalue weighted by atomic mass is 10.0. The molecule has 0 aliphatic heterocycles. The van der Waals surface area contributed by atoms with Gasteiger partial charge in [0.1, 0.15) is 5.58 Å². The van der Waals surface area contributed by atoms with E-state index >= 15 is 0 Å². The molecule has 1 aromatic heterocycles. The van der Waals surface area contributed by atoms with Crippen LogP contribution in [0, 0.1) is 0 Å². The fourth-order valence-electron chi connectivity index (χ4n) is 2.45. The minimum atomic E-state index is -0.198. The molecule has 0 N–H and O–H groups in total. The molecule has 0 fully saturated rings. The van der Waals surface area contributed by atoms with Crippen molar-refractivity contribution in [1.82, 2.24) is 0 Å². The van der Waals surface area contributed by atoms with E-state index in [4.69, 9.17) is 4.42 Å². The molecule has 2 heteroatoms. The van der Waals surface area contributed by atoms with Gasteiger partial charge in [0, 0.05) is 10.9 Å². The van der Waals surface area contributed by atoms with Gasteiger partial charge >= 0.3 is 5.63 Å². The third kappa shape index (κ3) is 2.14. The zero-order valence-corrected chi connectivity index (χ0v) is 11.0. The lowest BCUT2D eigenvalue weighted by Crippen LogP contribution is -2.06. The SMILES string of the molecule is CCCCc1cc2c(ccc3ccccc32)oc1=O. The van der Waals surface area contributed by atoms with E-state index in [0.29, 0.717) is 5.58 Å². The molecule has 2 nitrogen and oxygen atoms in total. The number of rotatable bonds is 3. The number of hydrogen-bond acceptors (Lipinski definition) is 2. The number of benzene rings is 2. The van der Waals surface area contributed by atoms with E-state index in [1.807, 2.05) is 30.3 Å². The Labute approximate surface area is 111 Å². The van der Waals surface area contributed by atoms with E-state index in [1.54, 1.807) is 0 Å². The van der Waals surface area contributed by atoms with Crippen LogP contribution in [-0.2, 0) is 6.42 Å². The number of aryl methyl sites for hydroxylation is 1. The quantitative estimate of drug-likeness (QED) is 0.514. The van der Waals surface area contributed by atoms with Crippen molar-refractivity contribution in [2.24, 2.45) is 0 Å². The van der Waals surface area contributed by atoms with Crippen molar-refractivity contribution in [3.8, 4) is 0 Å². The Morgan fingerprint density at radius 1 is 1.05 bits per heavy atom. The Bertz CT molecular complexity index is 784. The average molecular weight is 252 g/mol. The summed E-state index contributed by atoms with van der Waals surface area (Å²) in [6.07, 6.45) is 2.88. The van der Waals surface area contributed by atoms with Crippen LogP contribution in [0.4, 0.5) is 0 Å². The van der Waals surface area contributed by atoms with Crippen LogP contribution in [0.2, 0.25) is 0 Å². The Morgan fingerprint density at radius 2 is 1.89 bits per heavy atom. The maximum Gasteiger partial charge on any atom is 0.339 e. The third-order valence-corrected chi connectivity index (χ3v) is 3.51. The molecule has 1 heterocycles. The van der Waals surface area contributed by atoms with Crippen molar-refractivity contribution in [1.29, 1.82) is 0 Å².